The van der Waals surface area contributed by atoms with Crippen LogP contribution in [0.3, 0.4) is 0 Å². The average molecular weight is 375 g/mol. The van der Waals surface area contributed by atoms with E-state index in [9.17, 15) is 0 Å². The monoisotopic (exact) mass is 374 g/mol. The molecule has 146 valence electrons. The summed E-state index contributed by atoms with van der Waals surface area (Å²) in [6, 6.07) is 11.7. The Morgan fingerprint density at radius 2 is 1.71 bits per heavy atom. The number of nitrogens with zero attached hydrogens (tertiary/aromatic N) is 3. The van der Waals surface area contributed by atoms with Crippen molar-refractivity contribution in [3.8, 4) is 0 Å². The fraction of sp³-hybridized carbons (Fsp3) is 0.458. The van der Waals surface area contributed by atoms with Gasteiger partial charge in [0.05, 0.1) is 0 Å². The average Bonchev–Trinajstić information content (AvgIpc) is 3.29. The number of benzene rings is 1. The number of rotatable bonds is 4. The predicted molar refractivity (Wildman–Crippen MR) is 119 cm³/mol. The molecule has 0 radical (unpaired) electrons. The van der Waals surface area contributed by atoms with Gasteiger partial charge in [0.15, 0.2) is 0 Å². The van der Waals surface area contributed by atoms with Crippen LogP contribution in [0.25, 0.3) is 6.08 Å². The maximum Gasteiger partial charge on any atom is 0.132 e. The van der Waals surface area contributed by atoms with Gasteiger partial charge in [-0.15, -0.1) is 0 Å². The van der Waals surface area contributed by atoms with Crippen LogP contribution >= 0.6 is 0 Å². The minimum Gasteiger partial charge on any atom is -0.372 e. The van der Waals surface area contributed by atoms with Crippen molar-refractivity contribution in [3.63, 3.8) is 0 Å². The van der Waals surface area contributed by atoms with Crippen LogP contribution in [0, 0.1) is 0 Å². The Kier molecular flexibility index (Phi) is 4.94. The van der Waals surface area contributed by atoms with E-state index in [-0.39, 0.29) is 0 Å². The van der Waals surface area contributed by atoms with E-state index in [2.05, 4.69) is 62.6 Å². The summed E-state index contributed by atoms with van der Waals surface area (Å²) in [6.45, 7) is 3.39. The van der Waals surface area contributed by atoms with Crippen LogP contribution in [0.4, 0.5) is 22.9 Å². The molecule has 2 aliphatic heterocycles. The second-order valence-corrected chi connectivity index (χ2v) is 8.34. The van der Waals surface area contributed by atoms with Gasteiger partial charge in [0.25, 0.3) is 0 Å². The molecule has 0 amide bonds. The van der Waals surface area contributed by atoms with Crippen molar-refractivity contribution in [1.29, 1.82) is 0 Å². The minimum absolute atomic E-state index is 0.674. The van der Waals surface area contributed by atoms with Gasteiger partial charge >= 0.3 is 0 Å². The van der Waals surface area contributed by atoms with Gasteiger partial charge in [-0.2, -0.15) is 0 Å². The Balaban J connectivity index is 1.34. The standard InChI is InChI=1S/C24H30N4/c1-2-8-22(9-3-1)28-16-6-7-19-18-25-24(17-23(19)28)26-20-10-12-21(13-11-20)27-14-4-5-15-27/h6-7,10-13,17-18,22H,1-5,8-9,14-16H2,(H,25,26). The third-order valence-electron chi connectivity index (χ3n) is 6.45. The number of nitrogens with one attached hydrogen (secondary N) is 1. The van der Waals surface area contributed by atoms with Crippen LogP contribution in [0.5, 0.6) is 0 Å². The highest BCUT2D eigenvalue weighted by molar-refractivity contribution is 5.75. The Hall–Kier alpha value is -2.49. The normalized spacial score (nSPS) is 19.7. The highest BCUT2D eigenvalue weighted by Crippen LogP contribution is 2.34. The summed E-state index contributed by atoms with van der Waals surface area (Å²) >= 11 is 0. The first-order chi connectivity index (χ1) is 13.9. The SMILES string of the molecule is C1=Cc2cnc(Nc3ccc(N4CCCC4)cc3)cc2N(C2CCCCC2)C1. The minimum atomic E-state index is 0.674. The van der Waals surface area contributed by atoms with E-state index in [0.29, 0.717) is 6.04 Å². The summed E-state index contributed by atoms with van der Waals surface area (Å²) in [6.07, 6.45) is 15.9. The quantitative estimate of drug-likeness (QED) is 0.756. The molecular weight excluding hydrogens is 344 g/mol. The molecule has 1 aromatic heterocycles. The van der Waals surface area contributed by atoms with Crippen LogP contribution in [0.1, 0.15) is 50.5 Å². The Morgan fingerprint density at radius 1 is 0.929 bits per heavy atom. The molecule has 5 rings (SSSR count). The molecule has 1 aliphatic carbocycles. The zero-order valence-electron chi connectivity index (χ0n) is 16.6. The van der Waals surface area contributed by atoms with E-state index in [1.807, 2.05) is 6.20 Å². The van der Waals surface area contributed by atoms with E-state index in [1.54, 1.807) is 0 Å². The van der Waals surface area contributed by atoms with Crippen LogP contribution in [-0.4, -0.2) is 30.7 Å². The van der Waals surface area contributed by atoms with Crippen LogP contribution in [-0.2, 0) is 0 Å². The molecule has 0 spiro atoms. The van der Waals surface area contributed by atoms with Crippen LogP contribution < -0.4 is 15.1 Å². The topological polar surface area (TPSA) is 31.4 Å². The van der Waals surface area contributed by atoms with Crippen molar-refractivity contribution in [2.24, 2.45) is 0 Å². The molecule has 1 saturated heterocycles. The first-order valence-corrected chi connectivity index (χ1v) is 10.9. The summed E-state index contributed by atoms with van der Waals surface area (Å²) < 4.78 is 0. The van der Waals surface area contributed by atoms with Crippen LogP contribution in [0.2, 0.25) is 0 Å². The summed E-state index contributed by atoms with van der Waals surface area (Å²) in [5, 5.41) is 3.51. The third-order valence-corrected chi connectivity index (χ3v) is 6.45. The van der Waals surface area contributed by atoms with Crippen molar-refractivity contribution in [2.75, 3.05) is 34.8 Å². The summed E-state index contributed by atoms with van der Waals surface area (Å²) in [5.41, 5.74) is 5.01. The molecule has 1 aromatic carbocycles. The number of fused-ring (bicyclic) bond motifs is 1. The first kappa shape index (κ1) is 17.6. The summed E-state index contributed by atoms with van der Waals surface area (Å²) in [5.74, 6) is 0.934. The van der Waals surface area contributed by atoms with Crippen molar-refractivity contribution >= 4 is 29.0 Å². The maximum absolute atomic E-state index is 4.67. The van der Waals surface area contributed by atoms with Crippen LogP contribution in [0.15, 0.2) is 42.6 Å². The Morgan fingerprint density at radius 3 is 2.50 bits per heavy atom. The predicted octanol–water partition coefficient (Wildman–Crippen LogP) is 5.59. The van der Waals surface area contributed by atoms with Gasteiger partial charge in [-0.3, -0.25) is 0 Å². The number of hydrogen-bond donors (Lipinski definition) is 1. The van der Waals surface area contributed by atoms with E-state index < -0.39 is 0 Å². The van der Waals surface area contributed by atoms with E-state index in [1.165, 1.54) is 75.0 Å². The van der Waals surface area contributed by atoms with E-state index in [0.717, 1.165) is 18.1 Å². The van der Waals surface area contributed by atoms with Gasteiger partial charge < -0.3 is 15.1 Å². The molecule has 0 atom stereocenters. The van der Waals surface area contributed by atoms with Crippen molar-refractivity contribution in [2.45, 2.75) is 51.0 Å². The van der Waals surface area contributed by atoms with E-state index >= 15 is 0 Å². The smallest absolute Gasteiger partial charge is 0.132 e. The van der Waals surface area contributed by atoms with Gasteiger partial charge in [-0.25, -0.2) is 4.98 Å². The zero-order chi connectivity index (χ0) is 18.8. The van der Waals surface area contributed by atoms with Gasteiger partial charge in [0.2, 0.25) is 0 Å². The molecule has 3 aliphatic rings. The molecule has 2 fully saturated rings. The van der Waals surface area contributed by atoms with E-state index in [4.69, 9.17) is 0 Å². The largest absolute Gasteiger partial charge is 0.372 e. The van der Waals surface area contributed by atoms with Crippen molar-refractivity contribution in [1.82, 2.24) is 4.98 Å². The third kappa shape index (κ3) is 3.60. The lowest BCUT2D eigenvalue weighted by atomic mass is 9.92. The fourth-order valence-electron chi connectivity index (χ4n) is 4.91. The molecular formula is C24H30N4. The highest BCUT2D eigenvalue weighted by Gasteiger charge is 2.24. The molecule has 4 nitrogen and oxygen atoms in total. The van der Waals surface area contributed by atoms with Gasteiger partial charge in [-0.1, -0.05) is 31.4 Å². The summed E-state index contributed by atoms with van der Waals surface area (Å²) in [4.78, 5) is 9.73. The van der Waals surface area contributed by atoms with Crippen molar-refractivity contribution < 1.29 is 0 Å². The molecule has 3 heterocycles. The second kappa shape index (κ2) is 7.86. The van der Waals surface area contributed by atoms with Gasteiger partial charge in [0.1, 0.15) is 5.82 Å². The second-order valence-electron chi connectivity index (χ2n) is 8.34. The zero-order valence-corrected chi connectivity index (χ0v) is 16.6. The fourth-order valence-corrected chi connectivity index (χ4v) is 4.91. The number of hydrogen-bond acceptors (Lipinski definition) is 4. The lowest BCUT2D eigenvalue weighted by Gasteiger charge is -2.38. The lowest BCUT2D eigenvalue weighted by molar-refractivity contribution is 0.421. The number of pyridine rings is 1. The highest BCUT2D eigenvalue weighted by atomic mass is 15.2. The summed E-state index contributed by atoms with van der Waals surface area (Å²) in [7, 11) is 0. The number of aromatic nitrogens is 1. The molecule has 28 heavy (non-hydrogen) atoms. The van der Waals surface area contributed by atoms with Crippen molar-refractivity contribution in [3.05, 3.63) is 48.2 Å². The maximum atomic E-state index is 4.67. The Labute approximate surface area is 168 Å². The van der Waals surface area contributed by atoms with Gasteiger partial charge in [-0.05, 0) is 49.9 Å². The molecule has 2 aromatic rings. The molecule has 0 bridgehead atoms. The Bertz CT molecular complexity index is 830. The molecule has 4 heteroatoms. The molecule has 1 saturated carbocycles. The van der Waals surface area contributed by atoms with Gasteiger partial charge in [0, 0.05) is 60.6 Å². The number of anilines is 4. The lowest BCUT2D eigenvalue weighted by Crippen LogP contribution is -2.38. The molecule has 0 unspecified atom stereocenters. The first-order valence-electron chi connectivity index (χ1n) is 10.9. The molecule has 1 N–H and O–H groups in total.